The predicted molar refractivity (Wildman–Crippen MR) is 110 cm³/mol. The van der Waals surface area contributed by atoms with Crippen LogP contribution < -0.4 is 4.72 Å². The number of carbonyl (C=O) groups excluding carboxylic acids is 1. The van der Waals surface area contributed by atoms with E-state index in [9.17, 15) is 22.0 Å². The fourth-order valence-electron chi connectivity index (χ4n) is 3.94. The summed E-state index contributed by atoms with van der Waals surface area (Å²) in [5.41, 5.74) is 1.72. The van der Waals surface area contributed by atoms with Gasteiger partial charge in [-0.25, -0.2) is 17.2 Å². The molecule has 1 aliphatic carbocycles. The van der Waals surface area contributed by atoms with Crippen LogP contribution in [0.5, 0.6) is 0 Å². The van der Waals surface area contributed by atoms with Crippen LogP contribution in [0.1, 0.15) is 52.5 Å². The van der Waals surface area contributed by atoms with Crippen LogP contribution in [0, 0.1) is 13.8 Å². The lowest BCUT2D eigenvalue weighted by Gasteiger charge is -2.18. The molecule has 2 N–H and O–H groups in total. The fourth-order valence-corrected chi connectivity index (χ4v) is 5.78. The molecule has 0 atom stereocenters. The van der Waals surface area contributed by atoms with E-state index in [1.54, 1.807) is 25.1 Å². The highest BCUT2D eigenvalue weighted by Crippen LogP contribution is 2.44. The summed E-state index contributed by atoms with van der Waals surface area (Å²) in [6, 6.07) is 4.98. The van der Waals surface area contributed by atoms with Crippen molar-refractivity contribution in [1.29, 1.82) is 0 Å². The van der Waals surface area contributed by atoms with E-state index in [2.05, 4.69) is 9.71 Å². The number of rotatable bonds is 5. The minimum absolute atomic E-state index is 0.113. The average Bonchev–Trinajstić information content (AvgIpc) is 3.33. The third kappa shape index (κ3) is 3.92. The molecule has 1 amide bonds. The van der Waals surface area contributed by atoms with Crippen LogP contribution in [0.2, 0.25) is 5.02 Å². The molecule has 1 saturated carbocycles. The van der Waals surface area contributed by atoms with Crippen molar-refractivity contribution in [2.24, 2.45) is 0 Å². The number of carbonyl (C=O) groups is 1. The summed E-state index contributed by atoms with van der Waals surface area (Å²) >= 11 is 6.30. The highest BCUT2D eigenvalue weighted by atomic mass is 35.5. The zero-order valence-corrected chi connectivity index (χ0v) is 18.1. The molecule has 0 radical (unpaired) electrons. The smallest absolute Gasteiger partial charge is 0.267 e. The number of nitrogens with zero attached hydrogens (tertiary/aromatic N) is 1. The monoisotopic (exact) mass is 457 g/mol. The highest BCUT2D eigenvalue weighted by Gasteiger charge is 2.42. The Morgan fingerprint density at radius 1 is 1.27 bits per heavy atom. The normalized spacial score (nSPS) is 18.6. The zero-order valence-electron chi connectivity index (χ0n) is 16.6. The van der Waals surface area contributed by atoms with Crippen molar-refractivity contribution in [3.05, 3.63) is 45.7 Å². The first-order valence-corrected chi connectivity index (χ1v) is 11.5. The number of sulfonamides is 1. The third-order valence-electron chi connectivity index (χ3n) is 5.53. The van der Waals surface area contributed by atoms with E-state index in [-0.39, 0.29) is 28.4 Å². The number of likely N-dealkylation sites (tertiary alicyclic amines) is 1. The number of aromatic amines is 1. The Kier molecular flexibility index (Phi) is 5.09. The maximum Gasteiger partial charge on any atom is 0.267 e. The molecule has 2 fully saturated rings. The molecule has 0 bridgehead atoms. The molecule has 0 spiro atoms. The number of nitrogens with one attached hydrogen (secondary N) is 2. The van der Waals surface area contributed by atoms with Crippen molar-refractivity contribution >= 4 is 33.2 Å². The molecule has 10 heteroatoms. The summed E-state index contributed by atoms with van der Waals surface area (Å²) in [5.74, 6) is -3.27. The van der Waals surface area contributed by atoms with Crippen molar-refractivity contribution in [2.75, 3.05) is 17.8 Å². The van der Waals surface area contributed by atoms with Crippen molar-refractivity contribution in [1.82, 2.24) is 9.88 Å². The molecule has 6 nitrogen and oxygen atoms in total. The number of H-pyrrole nitrogens is 1. The first-order valence-electron chi connectivity index (χ1n) is 9.67. The van der Waals surface area contributed by atoms with Crippen molar-refractivity contribution in [3.8, 4) is 0 Å². The van der Waals surface area contributed by atoms with Gasteiger partial charge in [-0.05, 0) is 50.3 Å². The molecule has 162 valence electrons. The molecular formula is C20H22ClF2N3O3S. The highest BCUT2D eigenvalue weighted by molar-refractivity contribution is 7.92. The van der Waals surface area contributed by atoms with Gasteiger partial charge >= 0.3 is 0 Å². The molecule has 2 heterocycles. The van der Waals surface area contributed by atoms with Crippen LogP contribution in [-0.2, 0) is 10.0 Å². The average molecular weight is 458 g/mol. The van der Waals surface area contributed by atoms with E-state index in [4.69, 9.17) is 11.6 Å². The van der Waals surface area contributed by atoms with E-state index >= 15 is 0 Å². The van der Waals surface area contributed by atoms with Crippen molar-refractivity contribution < 1.29 is 22.0 Å². The topological polar surface area (TPSA) is 82.3 Å². The van der Waals surface area contributed by atoms with Crippen molar-refractivity contribution in [2.45, 2.75) is 49.8 Å². The maximum absolute atomic E-state index is 13.6. The summed E-state index contributed by atoms with van der Waals surface area (Å²) in [6.45, 7) is 2.23. The molecule has 2 aliphatic rings. The molecule has 4 rings (SSSR count). The largest absolute Gasteiger partial charge is 0.361 e. The molecule has 2 aromatic rings. The van der Waals surface area contributed by atoms with Gasteiger partial charge in [0.1, 0.15) is 4.90 Å². The first kappa shape index (κ1) is 21.1. The van der Waals surface area contributed by atoms with Gasteiger partial charge in [-0.3, -0.25) is 9.52 Å². The second-order valence-electron chi connectivity index (χ2n) is 8.03. The van der Waals surface area contributed by atoms with Gasteiger partial charge in [0.2, 0.25) is 0 Å². The summed E-state index contributed by atoms with van der Waals surface area (Å²) in [7, 11) is -4.17. The van der Waals surface area contributed by atoms with Crippen LogP contribution >= 0.6 is 11.6 Å². The van der Waals surface area contributed by atoms with E-state index in [0.717, 1.165) is 23.3 Å². The summed E-state index contributed by atoms with van der Waals surface area (Å²) in [5, 5.41) is 0.482. The summed E-state index contributed by atoms with van der Waals surface area (Å²) < 4.78 is 55.9. The Bertz CT molecular complexity index is 1130. The lowest BCUT2D eigenvalue weighted by atomic mass is 10.1. The molecular weight excluding hydrogens is 436 g/mol. The fraction of sp³-hybridized carbons (Fsp3) is 0.450. The quantitative estimate of drug-likeness (QED) is 0.696. The maximum atomic E-state index is 13.6. The number of alkyl halides is 2. The van der Waals surface area contributed by atoms with E-state index in [0.29, 0.717) is 16.6 Å². The van der Waals surface area contributed by atoms with Gasteiger partial charge < -0.3 is 9.88 Å². The Hall–Kier alpha value is -2.13. The van der Waals surface area contributed by atoms with Crippen LogP contribution in [-0.4, -0.2) is 43.2 Å². The Balaban J connectivity index is 1.66. The minimum atomic E-state index is -4.17. The van der Waals surface area contributed by atoms with E-state index < -0.39 is 34.8 Å². The van der Waals surface area contributed by atoms with Gasteiger partial charge in [-0.2, -0.15) is 0 Å². The number of aryl methyl sites for hydroxylation is 2. The van der Waals surface area contributed by atoms with Crippen molar-refractivity contribution in [3.63, 3.8) is 0 Å². The minimum Gasteiger partial charge on any atom is -0.361 e. The van der Waals surface area contributed by atoms with Crippen LogP contribution in [0.4, 0.5) is 14.5 Å². The van der Waals surface area contributed by atoms with Gasteiger partial charge in [-0.15, -0.1) is 0 Å². The Morgan fingerprint density at radius 2 is 1.97 bits per heavy atom. The number of amides is 1. The van der Waals surface area contributed by atoms with Gasteiger partial charge in [-0.1, -0.05) is 17.7 Å². The molecule has 30 heavy (non-hydrogen) atoms. The Morgan fingerprint density at radius 3 is 2.53 bits per heavy atom. The number of anilines is 1. The van der Waals surface area contributed by atoms with Gasteiger partial charge in [0, 0.05) is 29.4 Å². The zero-order chi connectivity index (χ0) is 21.8. The number of hydrogen-bond donors (Lipinski definition) is 2. The van der Waals surface area contributed by atoms with Crippen LogP contribution in [0.25, 0.3) is 0 Å². The number of halogens is 3. The molecule has 1 aromatic carbocycles. The second kappa shape index (κ2) is 7.23. The SMILES string of the molecule is Cc1[nH]c(C)c(S(=O)(=O)Nc2ccc(C3CC3)c(Cl)c2)c1C(=O)N1CCC(F)(F)C1. The molecule has 1 aliphatic heterocycles. The van der Waals surface area contributed by atoms with Gasteiger partial charge in [0.15, 0.2) is 0 Å². The van der Waals surface area contributed by atoms with Crippen LogP contribution in [0.3, 0.4) is 0 Å². The molecule has 1 saturated heterocycles. The summed E-state index contributed by atoms with van der Waals surface area (Å²) in [4.78, 5) is 16.5. The predicted octanol–water partition coefficient (Wildman–Crippen LogP) is 4.44. The lowest BCUT2D eigenvalue weighted by molar-refractivity contribution is 0.0119. The third-order valence-corrected chi connectivity index (χ3v) is 7.41. The van der Waals surface area contributed by atoms with E-state index in [1.165, 1.54) is 6.92 Å². The first-order chi connectivity index (χ1) is 14.0. The van der Waals surface area contributed by atoms with Gasteiger partial charge in [0.25, 0.3) is 21.9 Å². The lowest BCUT2D eigenvalue weighted by Crippen LogP contribution is -2.32. The summed E-state index contributed by atoms with van der Waals surface area (Å²) in [6.07, 6.45) is 1.69. The van der Waals surface area contributed by atoms with E-state index in [1.807, 2.05) is 0 Å². The standard InChI is InChI=1S/C20H22ClF2N3O3S/c1-11-17(19(27)26-8-7-20(22,23)10-26)18(12(2)24-11)30(28,29)25-14-5-6-15(13-3-4-13)16(21)9-14/h5-6,9,13,24-25H,3-4,7-8,10H2,1-2H3. The number of benzene rings is 1. The number of hydrogen-bond acceptors (Lipinski definition) is 3. The number of aromatic nitrogens is 1. The molecule has 0 unspecified atom stereocenters. The molecule has 1 aromatic heterocycles. The second-order valence-corrected chi connectivity index (χ2v) is 10.1. The Labute approximate surface area is 178 Å². The van der Waals surface area contributed by atoms with Gasteiger partial charge in [0.05, 0.1) is 17.8 Å². The van der Waals surface area contributed by atoms with Crippen LogP contribution in [0.15, 0.2) is 23.1 Å².